The van der Waals surface area contributed by atoms with Crippen LogP contribution in [-0.4, -0.2) is 38.2 Å². The first-order valence-electron chi connectivity index (χ1n) is 8.84. The molecule has 27 heavy (non-hydrogen) atoms. The van der Waals surface area contributed by atoms with Crippen molar-refractivity contribution in [1.82, 2.24) is 5.32 Å². The van der Waals surface area contributed by atoms with Gasteiger partial charge in [-0.3, -0.25) is 4.79 Å². The zero-order valence-corrected chi connectivity index (χ0v) is 15.4. The number of carbonyl (C=O) groups is 2. The Balaban J connectivity index is 1.60. The van der Waals surface area contributed by atoms with Crippen LogP contribution in [0.4, 0.5) is 16.2 Å². The van der Waals surface area contributed by atoms with E-state index in [1.54, 1.807) is 36.3 Å². The van der Waals surface area contributed by atoms with Crippen molar-refractivity contribution in [3.63, 3.8) is 0 Å². The molecule has 7 heteroatoms. The third kappa shape index (κ3) is 4.49. The summed E-state index contributed by atoms with van der Waals surface area (Å²) in [5, 5.41) is 5.64. The van der Waals surface area contributed by atoms with Crippen LogP contribution in [0.15, 0.2) is 48.5 Å². The van der Waals surface area contributed by atoms with E-state index >= 15 is 0 Å². The van der Waals surface area contributed by atoms with Crippen LogP contribution in [0.3, 0.4) is 0 Å². The Morgan fingerprint density at radius 2 is 1.93 bits per heavy atom. The van der Waals surface area contributed by atoms with Crippen molar-refractivity contribution in [2.24, 2.45) is 0 Å². The summed E-state index contributed by atoms with van der Waals surface area (Å²) in [4.78, 5) is 26.3. The van der Waals surface area contributed by atoms with Crippen LogP contribution in [0.1, 0.15) is 13.3 Å². The molecular formula is C20H23N3O4. The van der Waals surface area contributed by atoms with Crippen LogP contribution in [0, 0.1) is 0 Å². The second kappa shape index (κ2) is 8.44. The van der Waals surface area contributed by atoms with Crippen LogP contribution in [-0.2, 0) is 4.79 Å². The Labute approximate surface area is 158 Å². The monoisotopic (exact) mass is 369 g/mol. The second-order valence-corrected chi connectivity index (χ2v) is 6.13. The molecule has 0 radical (unpaired) electrons. The van der Waals surface area contributed by atoms with Crippen LogP contribution in [0.25, 0.3) is 0 Å². The van der Waals surface area contributed by atoms with E-state index in [-0.39, 0.29) is 24.4 Å². The largest absolute Gasteiger partial charge is 0.497 e. The average molecular weight is 369 g/mol. The first-order chi connectivity index (χ1) is 13.1. The first-order valence-corrected chi connectivity index (χ1v) is 8.84. The molecule has 1 fully saturated rings. The number of methoxy groups -OCH3 is 1. The summed E-state index contributed by atoms with van der Waals surface area (Å²) in [6, 6.07) is 13.9. The van der Waals surface area contributed by atoms with Crippen molar-refractivity contribution in [2.75, 3.05) is 30.5 Å². The molecule has 1 saturated heterocycles. The minimum atomic E-state index is -0.364. The van der Waals surface area contributed by atoms with Crippen molar-refractivity contribution in [3.05, 3.63) is 48.5 Å². The van der Waals surface area contributed by atoms with E-state index in [9.17, 15) is 9.59 Å². The fourth-order valence-corrected chi connectivity index (χ4v) is 3.01. The lowest BCUT2D eigenvalue weighted by Crippen LogP contribution is -2.39. The number of benzene rings is 2. The molecule has 2 aromatic carbocycles. The SMILES string of the molecule is CCOc1ccccc1NC(=O)N[C@H]1CC(=O)N(c2ccc(OC)cc2)C1. The molecule has 3 rings (SSSR count). The number of para-hydroxylation sites is 2. The zero-order valence-electron chi connectivity index (χ0n) is 15.4. The van der Waals surface area contributed by atoms with Gasteiger partial charge in [0, 0.05) is 18.7 Å². The number of urea groups is 1. The number of ether oxygens (including phenoxy) is 2. The number of nitrogens with zero attached hydrogens (tertiary/aromatic N) is 1. The lowest BCUT2D eigenvalue weighted by Gasteiger charge is -2.18. The zero-order chi connectivity index (χ0) is 19.2. The van der Waals surface area contributed by atoms with Gasteiger partial charge in [0.25, 0.3) is 0 Å². The third-order valence-corrected chi connectivity index (χ3v) is 4.28. The maximum absolute atomic E-state index is 12.3. The van der Waals surface area contributed by atoms with Gasteiger partial charge < -0.3 is 25.0 Å². The standard InChI is InChI=1S/C20H23N3O4/c1-3-27-18-7-5-4-6-17(18)22-20(25)21-14-12-19(24)23(13-14)15-8-10-16(26-2)11-9-15/h4-11,14H,3,12-13H2,1-2H3,(H2,21,22,25)/t14-/m0/s1. The highest BCUT2D eigenvalue weighted by Crippen LogP contribution is 2.25. The quantitative estimate of drug-likeness (QED) is 0.820. The van der Waals surface area contributed by atoms with Gasteiger partial charge in [-0.05, 0) is 43.3 Å². The highest BCUT2D eigenvalue weighted by molar-refractivity contribution is 5.98. The number of carbonyl (C=O) groups excluding carboxylic acids is 2. The molecule has 0 unspecified atom stereocenters. The highest BCUT2D eigenvalue weighted by Gasteiger charge is 2.31. The number of rotatable bonds is 6. The van der Waals surface area contributed by atoms with E-state index in [4.69, 9.17) is 9.47 Å². The molecule has 1 heterocycles. The summed E-state index contributed by atoms with van der Waals surface area (Å²) in [5.41, 5.74) is 1.38. The number of amides is 3. The van der Waals surface area contributed by atoms with E-state index in [2.05, 4.69) is 10.6 Å². The number of nitrogens with one attached hydrogen (secondary N) is 2. The number of anilines is 2. The lowest BCUT2D eigenvalue weighted by molar-refractivity contribution is -0.117. The Hall–Kier alpha value is -3.22. The highest BCUT2D eigenvalue weighted by atomic mass is 16.5. The molecule has 3 amide bonds. The molecule has 2 N–H and O–H groups in total. The van der Waals surface area contributed by atoms with E-state index in [1.165, 1.54) is 0 Å². The number of hydrogen-bond acceptors (Lipinski definition) is 4. The van der Waals surface area contributed by atoms with Gasteiger partial charge in [0.15, 0.2) is 0 Å². The second-order valence-electron chi connectivity index (χ2n) is 6.13. The third-order valence-electron chi connectivity index (χ3n) is 4.28. The topological polar surface area (TPSA) is 79.9 Å². The van der Waals surface area contributed by atoms with Crippen molar-refractivity contribution >= 4 is 23.3 Å². The van der Waals surface area contributed by atoms with E-state index in [0.29, 0.717) is 24.6 Å². The van der Waals surface area contributed by atoms with Gasteiger partial charge in [-0.15, -0.1) is 0 Å². The average Bonchev–Trinajstić information content (AvgIpc) is 3.03. The maximum Gasteiger partial charge on any atom is 0.319 e. The van der Waals surface area contributed by atoms with Gasteiger partial charge in [0.05, 0.1) is 25.4 Å². The molecule has 1 aliphatic heterocycles. The minimum Gasteiger partial charge on any atom is -0.497 e. The Kier molecular flexibility index (Phi) is 5.80. The smallest absolute Gasteiger partial charge is 0.319 e. The Morgan fingerprint density at radius 1 is 1.19 bits per heavy atom. The summed E-state index contributed by atoms with van der Waals surface area (Å²) in [7, 11) is 1.60. The summed E-state index contributed by atoms with van der Waals surface area (Å²) >= 11 is 0. The predicted molar refractivity (Wildman–Crippen MR) is 104 cm³/mol. The van der Waals surface area contributed by atoms with Gasteiger partial charge in [-0.25, -0.2) is 4.79 Å². The molecule has 0 spiro atoms. The van der Waals surface area contributed by atoms with Gasteiger partial charge >= 0.3 is 6.03 Å². The first kappa shape index (κ1) is 18.6. The van der Waals surface area contributed by atoms with E-state index in [0.717, 1.165) is 11.4 Å². The lowest BCUT2D eigenvalue weighted by atomic mass is 10.2. The number of hydrogen-bond donors (Lipinski definition) is 2. The molecule has 1 aliphatic rings. The van der Waals surface area contributed by atoms with Gasteiger partial charge in [0.1, 0.15) is 11.5 Å². The fraction of sp³-hybridized carbons (Fsp3) is 0.300. The molecule has 1 atom stereocenters. The van der Waals surface area contributed by atoms with Crippen molar-refractivity contribution in [2.45, 2.75) is 19.4 Å². The van der Waals surface area contributed by atoms with E-state index < -0.39 is 0 Å². The Morgan fingerprint density at radius 3 is 2.63 bits per heavy atom. The summed E-state index contributed by atoms with van der Waals surface area (Å²) in [6.07, 6.45) is 0.257. The van der Waals surface area contributed by atoms with E-state index in [1.807, 2.05) is 31.2 Å². The normalized spacial score (nSPS) is 16.1. The Bertz CT molecular complexity index is 807. The molecule has 0 saturated carbocycles. The molecule has 7 nitrogen and oxygen atoms in total. The van der Waals surface area contributed by atoms with Crippen molar-refractivity contribution in [3.8, 4) is 11.5 Å². The fourth-order valence-electron chi connectivity index (χ4n) is 3.01. The molecular weight excluding hydrogens is 346 g/mol. The molecule has 142 valence electrons. The molecule has 2 aromatic rings. The molecule has 0 aliphatic carbocycles. The van der Waals surface area contributed by atoms with Crippen LogP contribution < -0.4 is 25.0 Å². The van der Waals surface area contributed by atoms with Crippen LogP contribution in [0.5, 0.6) is 11.5 Å². The van der Waals surface area contributed by atoms with Crippen LogP contribution in [0.2, 0.25) is 0 Å². The van der Waals surface area contributed by atoms with Gasteiger partial charge in [0.2, 0.25) is 5.91 Å². The molecule has 0 aromatic heterocycles. The van der Waals surface area contributed by atoms with Gasteiger partial charge in [-0.2, -0.15) is 0 Å². The summed E-state index contributed by atoms with van der Waals surface area (Å²) in [5.74, 6) is 1.31. The van der Waals surface area contributed by atoms with Gasteiger partial charge in [-0.1, -0.05) is 12.1 Å². The van der Waals surface area contributed by atoms with Crippen LogP contribution >= 0.6 is 0 Å². The predicted octanol–water partition coefficient (Wildman–Crippen LogP) is 3.02. The van der Waals surface area contributed by atoms with Crippen molar-refractivity contribution in [1.29, 1.82) is 0 Å². The molecule has 0 bridgehead atoms. The minimum absolute atomic E-state index is 0.0276. The van der Waals surface area contributed by atoms with Crippen molar-refractivity contribution < 1.29 is 19.1 Å². The summed E-state index contributed by atoms with van der Waals surface area (Å²) in [6.45, 7) is 2.81. The summed E-state index contributed by atoms with van der Waals surface area (Å²) < 4.78 is 10.6. The maximum atomic E-state index is 12.3.